The molecular weight excluding hydrogens is 402 g/mol. The average Bonchev–Trinajstić information content (AvgIpc) is 3.43. The Hall–Kier alpha value is -2.12. The van der Waals surface area contributed by atoms with Crippen molar-refractivity contribution in [2.24, 2.45) is 0 Å². The number of hydrogen-bond acceptors (Lipinski definition) is 5. The summed E-state index contributed by atoms with van der Waals surface area (Å²) in [5.74, 6) is 0.425. The minimum absolute atomic E-state index is 0.0170. The zero-order valence-corrected chi connectivity index (χ0v) is 18.2. The van der Waals surface area contributed by atoms with Crippen molar-refractivity contribution < 1.29 is 4.79 Å². The number of unbranched alkanes of at least 4 members (excludes halogenated alkanes) is 1. The molecule has 5 nitrogen and oxygen atoms in total. The molecule has 0 radical (unpaired) electrons. The van der Waals surface area contributed by atoms with Crippen LogP contribution in [0.2, 0.25) is 0 Å². The van der Waals surface area contributed by atoms with E-state index in [2.05, 4.69) is 18.4 Å². The molecule has 1 aliphatic heterocycles. The zero-order valence-electron chi connectivity index (χ0n) is 16.5. The summed E-state index contributed by atoms with van der Waals surface area (Å²) in [6, 6.07) is 11.8. The van der Waals surface area contributed by atoms with Crippen molar-refractivity contribution in [3.8, 4) is 0 Å². The van der Waals surface area contributed by atoms with Crippen molar-refractivity contribution >= 4 is 39.9 Å². The predicted octanol–water partition coefficient (Wildman–Crippen LogP) is 4.71. The van der Waals surface area contributed by atoms with E-state index in [0.717, 1.165) is 32.2 Å². The van der Waals surface area contributed by atoms with Gasteiger partial charge in [-0.25, -0.2) is 4.98 Å². The molecule has 1 amide bonds. The van der Waals surface area contributed by atoms with Crippen LogP contribution in [0.25, 0.3) is 10.9 Å². The van der Waals surface area contributed by atoms with Crippen LogP contribution in [-0.2, 0) is 11.3 Å². The van der Waals surface area contributed by atoms with Gasteiger partial charge in [0.25, 0.3) is 5.56 Å². The summed E-state index contributed by atoms with van der Waals surface area (Å²) >= 11 is 3.10. The van der Waals surface area contributed by atoms with Gasteiger partial charge in [-0.1, -0.05) is 43.3 Å². The van der Waals surface area contributed by atoms with Crippen LogP contribution in [0.15, 0.2) is 51.7 Å². The summed E-state index contributed by atoms with van der Waals surface area (Å²) in [4.78, 5) is 33.9. The number of likely N-dealkylation sites (tertiary alicyclic amines) is 1. The summed E-state index contributed by atoms with van der Waals surface area (Å²) in [6.45, 7) is 3.54. The zero-order chi connectivity index (χ0) is 20.2. The molecular formula is C22H25N3O2S2. The number of nitrogens with zero attached hydrogens (tertiary/aromatic N) is 3. The minimum atomic E-state index is -0.0170. The number of benzene rings is 1. The van der Waals surface area contributed by atoms with Crippen molar-refractivity contribution in [2.45, 2.75) is 50.4 Å². The SMILES string of the molecule is CCCCn1c(SCC(=O)N2CCCC2c2cccs2)nc2ccccc2c1=O. The molecule has 0 N–H and O–H groups in total. The van der Waals surface area contributed by atoms with Crippen molar-refractivity contribution in [1.82, 2.24) is 14.5 Å². The number of carbonyl (C=O) groups is 1. The van der Waals surface area contributed by atoms with Crippen molar-refractivity contribution in [3.05, 3.63) is 57.0 Å². The van der Waals surface area contributed by atoms with E-state index in [1.807, 2.05) is 35.2 Å². The molecule has 0 saturated carbocycles. The second-order valence-electron chi connectivity index (χ2n) is 7.27. The molecule has 3 heterocycles. The maximum absolute atomic E-state index is 13.0. The van der Waals surface area contributed by atoms with Crippen LogP contribution in [0.3, 0.4) is 0 Å². The van der Waals surface area contributed by atoms with Crippen LogP contribution in [0.5, 0.6) is 0 Å². The summed E-state index contributed by atoms with van der Waals surface area (Å²) in [6.07, 6.45) is 3.97. The Kier molecular flexibility index (Phi) is 6.35. The molecule has 1 aliphatic rings. The smallest absolute Gasteiger partial charge is 0.262 e. The molecule has 1 aromatic carbocycles. The number of fused-ring (bicyclic) bond motifs is 1. The van der Waals surface area contributed by atoms with Crippen LogP contribution < -0.4 is 5.56 Å². The molecule has 3 aromatic rings. The average molecular weight is 428 g/mol. The maximum atomic E-state index is 13.0. The van der Waals surface area contributed by atoms with Crippen molar-refractivity contribution in [1.29, 1.82) is 0 Å². The largest absolute Gasteiger partial charge is 0.334 e. The number of para-hydroxylation sites is 1. The third-order valence-corrected chi connectivity index (χ3v) is 7.27. The quantitative estimate of drug-likeness (QED) is 0.405. The Morgan fingerprint density at radius 1 is 1.28 bits per heavy atom. The molecule has 1 atom stereocenters. The second kappa shape index (κ2) is 9.13. The fourth-order valence-corrected chi connectivity index (χ4v) is 5.61. The Bertz CT molecular complexity index is 1050. The highest BCUT2D eigenvalue weighted by Gasteiger charge is 2.30. The lowest BCUT2D eigenvalue weighted by molar-refractivity contribution is -0.129. The summed E-state index contributed by atoms with van der Waals surface area (Å²) in [5.41, 5.74) is 0.675. The first-order valence-electron chi connectivity index (χ1n) is 10.1. The van der Waals surface area contributed by atoms with E-state index >= 15 is 0 Å². The Morgan fingerprint density at radius 2 is 2.14 bits per heavy atom. The number of carbonyl (C=O) groups excluding carboxylic acids is 1. The van der Waals surface area contributed by atoms with E-state index in [0.29, 0.717) is 28.4 Å². The van der Waals surface area contributed by atoms with E-state index in [9.17, 15) is 9.59 Å². The fraction of sp³-hybridized carbons (Fsp3) is 0.409. The number of thioether (sulfide) groups is 1. The first kappa shape index (κ1) is 20.2. The molecule has 1 unspecified atom stereocenters. The van der Waals surface area contributed by atoms with Gasteiger partial charge in [0.05, 0.1) is 22.7 Å². The van der Waals surface area contributed by atoms with Crippen LogP contribution in [0.1, 0.15) is 43.5 Å². The topological polar surface area (TPSA) is 55.2 Å². The number of aromatic nitrogens is 2. The molecule has 152 valence electrons. The predicted molar refractivity (Wildman–Crippen MR) is 120 cm³/mol. The molecule has 1 saturated heterocycles. The first-order chi connectivity index (χ1) is 14.2. The lowest BCUT2D eigenvalue weighted by Crippen LogP contribution is -2.32. The Labute approximate surface area is 178 Å². The number of amides is 1. The van der Waals surface area contributed by atoms with Crippen LogP contribution in [0, 0.1) is 0 Å². The van der Waals surface area contributed by atoms with E-state index in [-0.39, 0.29) is 17.5 Å². The minimum Gasteiger partial charge on any atom is -0.334 e. The normalized spacial score (nSPS) is 16.6. The first-order valence-corrected chi connectivity index (χ1v) is 12.0. The molecule has 0 spiro atoms. The van der Waals surface area contributed by atoms with Crippen LogP contribution >= 0.6 is 23.1 Å². The van der Waals surface area contributed by atoms with Gasteiger partial charge < -0.3 is 4.90 Å². The van der Waals surface area contributed by atoms with Gasteiger partial charge >= 0.3 is 0 Å². The molecule has 1 fully saturated rings. The van der Waals surface area contributed by atoms with Gasteiger partial charge in [0.2, 0.25) is 5.91 Å². The van der Waals surface area contributed by atoms with Crippen molar-refractivity contribution in [3.63, 3.8) is 0 Å². The molecule has 7 heteroatoms. The highest BCUT2D eigenvalue weighted by Crippen LogP contribution is 2.35. The van der Waals surface area contributed by atoms with E-state index in [1.54, 1.807) is 15.9 Å². The summed E-state index contributed by atoms with van der Waals surface area (Å²) in [7, 11) is 0. The van der Waals surface area contributed by atoms with Gasteiger partial charge in [0.1, 0.15) is 0 Å². The van der Waals surface area contributed by atoms with Crippen LogP contribution in [0.4, 0.5) is 0 Å². The molecule has 4 rings (SSSR count). The van der Waals surface area contributed by atoms with E-state index in [4.69, 9.17) is 4.98 Å². The van der Waals surface area contributed by atoms with E-state index in [1.165, 1.54) is 16.6 Å². The number of rotatable bonds is 7. The van der Waals surface area contributed by atoms with Gasteiger partial charge in [-0.3, -0.25) is 14.2 Å². The highest BCUT2D eigenvalue weighted by atomic mass is 32.2. The monoisotopic (exact) mass is 427 g/mol. The number of hydrogen-bond donors (Lipinski definition) is 0. The lowest BCUT2D eigenvalue weighted by atomic mass is 10.2. The maximum Gasteiger partial charge on any atom is 0.262 e. The Balaban J connectivity index is 1.55. The second-order valence-corrected chi connectivity index (χ2v) is 9.19. The molecule has 29 heavy (non-hydrogen) atoms. The highest BCUT2D eigenvalue weighted by molar-refractivity contribution is 7.99. The summed E-state index contributed by atoms with van der Waals surface area (Å²) < 4.78 is 1.74. The number of thiophene rings is 1. The molecule has 0 aliphatic carbocycles. The molecule has 2 aromatic heterocycles. The van der Waals surface area contributed by atoms with Gasteiger partial charge in [-0.15, -0.1) is 11.3 Å². The van der Waals surface area contributed by atoms with Gasteiger partial charge in [0, 0.05) is 18.0 Å². The van der Waals surface area contributed by atoms with Gasteiger partial charge in [0.15, 0.2) is 5.16 Å². The fourth-order valence-electron chi connectivity index (χ4n) is 3.82. The Morgan fingerprint density at radius 3 is 2.93 bits per heavy atom. The summed E-state index contributed by atoms with van der Waals surface area (Å²) in [5, 5.41) is 3.34. The van der Waals surface area contributed by atoms with E-state index < -0.39 is 0 Å². The standard InChI is InChI=1S/C22H25N3O2S2/c1-2-3-12-25-21(27)16-8-4-5-9-17(16)23-22(25)29-15-20(26)24-13-6-10-18(24)19-11-7-14-28-19/h4-5,7-9,11,14,18H,2-3,6,10,12-13,15H2,1H3. The molecule has 0 bridgehead atoms. The third-order valence-electron chi connectivity index (χ3n) is 5.33. The van der Waals surface area contributed by atoms with Gasteiger partial charge in [-0.05, 0) is 42.8 Å². The third kappa shape index (κ3) is 4.26. The lowest BCUT2D eigenvalue weighted by Gasteiger charge is -2.24. The van der Waals surface area contributed by atoms with Crippen LogP contribution in [-0.4, -0.2) is 32.7 Å². The van der Waals surface area contributed by atoms with Crippen molar-refractivity contribution in [2.75, 3.05) is 12.3 Å². The van der Waals surface area contributed by atoms with Gasteiger partial charge in [-0.2, -0.15) is 0 Å².